The third-order valence-electron chi connectivity index (χ3n) is 3.40. The molecule has 1 aliphatic heterocycles. The molecule has 2 nitrogen and oxygen atoms in total. The fourth-order valence-corrected chi connectivity index (χ4v) is 3.86. The van der Waals surface area contributed by atoms with Crippen molar-refractivity contribution in [2.24, 2.45) is 5.92 Å². The number of halogens is 1. The van der Waals surface area contributed by atoms with Crippen LogP contribution in [0.15, 0.2) is 15.9 Å². The number of rotatable bonds is 5. The van der Waals surface area contributed by atoms with Gasteiger partial charge in [-0.25, -0.2) is 0 Å². The zero-order chi connectivity index (χ0) is 12.1. The van der Waals surface area contributed by atoms with Crippen LogP contribution in [0.5, 0.6) is 0 Å². The summed E-state index contributed by atoms with van der Waals surface area (Å²) in [5.74, 6) is 0.899. The van der Waals surface area contributed by atoms with Gasteiger partial charge in [0.1, 0.15) is 0 Å². The normalized spacial score (nSPS) is 17.8. The van der Waals surface area contributed by atoms with Crippen LogP contribution in [0.2, 0.25) is 0 Å². The maximum absolute atomic E-state index is 3.52. The first-order valence-corrected chi connectivity index (χ1v) is 7.98. The van der Waals surface area contributed by atoms with Gasteiger partial charge in [0.15, 0.2) is 0 Å². The van der Waals surface area contributed by atoms with E-state index in [4.69, 9.17) is 0 Å². The lowest BCUT2D eigenvalue weighted by Gasteiger charge is -2.27. The van der Waals surface area contributed by atoms with Crippen molar-refractivity contribution in [3.05, 3.63) is 20.8 Å². The fourth-order valence-electron chi connectivity index (χ4n) is 2.38. The predicted molar refractivity (Wildman–Crippen MR) is 78.8 cm³/mol. The van der Waals surface area contributed by atoms with E-state index >= 15 is 0 Å². The Hall–Kier alpha value is 0.1000. The molecule has 17 heavy (non-hydrogen) atoms. The second-order valence-corrected chi connectivity index (χ2v) is 7.46. The molecule has 0 amide bonds. The number of piperidine rings is 1. The van der Waals surface area contributed by atoms with Gasteiger partial charge in [-0.3, -0.25) is 0 Å². The van der Waals surface area contributed by atoms with Gasteiger partial charge in [0, 0.05) is 18.0 Å². The van der Waals surface area contributed by atoms with E-state index in [1.54, 1.807) is 0 Å². The first-order chi connectivity index (χ1) is 8.24. The third-order valence-corrected chi connectivity index (χ3v) is 5.08. The van der Waals surface area contributed by atoms with E-state index < -0.39 is 0 Å². The Balaban J connectivity index is 1.68. The zero-order valence-corrected chi connectivity index (χ0v) is 12.8. The fraction of sp³-hybridized carbons (Fsp3) is 0.692. The molecule has 0 aromatic carbocycles. The lowest BCUT2D eigenvalue weighted by molar-refractivity contribution is 0.242. The van der Waals surface area contributed by atoms with E-state index in [1.165, 1.54) is 54.1 Å². The molecule has 96 valence electrons. The summed E-state index contributed by atoms with van der Waals surface area (Å²) in [4.78, 5) is 3.97. The van der Waals surface area contributed by atoms with Gasteiger partial charge in [0.2, 0.25) is 0 Å². The molecule has 0 radical (unpaired) electrons. The van der Waals surface area contributed by atoms with Crippen molar-refractivity contribution in [3.8, 4) is 0 Å². The van der Waals surface area contributed by atoms with Gasteiger partial charge in [-0.2, -0.15) is 0 Å². The van der Waals surface area contributed by atoms with Crippen LogP contribution in [0.3, 0.4) is 0 Å². The van der Waals surface area contributed by atoms with Crippen molar-refractivity contribution in [1.29, 1.82) is 0 Å². The molecule has 0 spiro atoms. The van der Waals surface area contributed by atoms with Crippen LogP contribution in [0.4, 0.5) is 0 Å². The Kier molecular flexibility index (Phi) is 5.48. The van der Waals surface area contributed by atoms with Crippen LogP contribution in [0.25, 0.3) is 0 Å². The molecule has 0 atom stereocenters. The van der Waals surface area contributed by atoms with E-state index in [1.807, 2.05) is 11.3 Å². The summed E-state index contributed by atoms with van der Waals surface area (Å²) in [6, 6.07) is 4.37. The van der Waals surface area contributed by atoms with E-state index in [-0.39, 0.29) is 0 Å². The average Bonchev–Trinajstić information content (AvgIpc) is 2.74. The number of hydrogen-bond acceptors (Lipinski definition) is 3. The molecule has 1 aromatic rings. The molecular formula is C13H21BrN2S. The van der Waals surface area contributed by atoms with Gasteiger partial charge < -0.3 is 10.2 Å². The molecule has 1 fully saturated rings. The van der Waals surface area contributed by atoms with Crippen molar-refractivity contribution < 1.29 is 0 Å². The Morgan fingerprint density at radius 1 is 1.41 bits per heavy atom. The number of thiophene rings is 1. The lowest BCUT2D eigenvalue weighted by Crippen LogP contribution is -2.35. The van der Waals surface area contributed by atoms with Crippen LogP contribution in [0.1, 0.15) is 17.7 Å². The summed E-state index contributed by atoms with van der Waals surface area (Å²) in [5, 5.41) is 3.43. The van der Waals surface area contributed by atoms with Gasteiger partial charge in [0.25, 0.3) is 0 Å². The molecule has 0 bridgehead atoms. The van der Waals surface area contributed by atoms with E-state index in [9.17, 15) is 0 Å². The Morgan fingerprint density at radius 2 is 2.18 bits per heavy atom. The molecule has 2 heterocycles. The molecular weight excluding hydrogens is 296 g/mol. The van der Waals surface area contributed by atoms with Crippen molar-refractivity contribution >= 4 is 27.3 Å². The highest BCUT2D eigenvalue weighted by Gasteiger charge is 2.14. The van der Waals surface area contributed by atoms with Gasteiger partial charge in [0.05, 0.1) is 3.79 Å². The van der Waals surface area contributed by atoms with Gasteiger partial charge in [-0.1, -0.05) is 0 Å². The smallest absolute Gasteiger partial charge is 0.0701 e. The van der Waals surface area contributed by atoms with Crippen LogP contribution in [-0.2, 0) is 6.42 Å². The van der Waals surface area contributed by atoms with Gasteiger partial charge >= 0.3 is 0 Å². The second-order valence-electron chi connectivity index (χ2n) is 4.91. The molecule has 0 aliphatic carbocycles. The molecule has 1 aliphatic rings. The zero-order valence-electron chi connectivity index (χ0n) is 10.4. The van der Waals surface area contributed by atoms with E-state index in [0.29, 0.717) is 0 Å². The van der Waals surface area contributed by atoms with Crippen molar-refractivity contribution in [1.82, 2.24) is 10.2 Å². The Morgan fingerprint density at radius 3 is 2.82 bits per heavy atom. The number of nitrogens with zero attached hydrogens (tertiary/aromatic N) is 1. The third kappa shape index (κ3) is 4.70. The van der Waals surface area contributed by atoms with Crippen LogP contribution in [-0.4, -0.2) is 38.1 Å². The number of likely N-dealkylation sites (N-methyl/N-ethyl adjacent to an activating group) is 1. The summed E-state index contributed by atoms with van der Waals surface area (Å²) < 4.78 is 1.24. The Labute approximate surface area is 117 Å². The first-order valence-electron chi connectivity index (χ1n) is 6.37. The second kappa shape index (κ2) is 6.88. The highest BCUT2D eigenvalue weighted by atomic mass is 79.9. The quantitative estimate of drug-likeness (QED) is 0.898. The maximum atomic E-state index is 3.52. The van der Waals surface area contributed by atoms with Crippen molar-refractivity contribution in [3.63, 3.8) is 0 Å². The first kappa shape index (κ1) is 13.5. The Bertz CT molecular complexity index is 334. The minimum Gasteiger partial charge on any atom is -0.317 e. The van der Waals surface area contributed by atoms with E-state index in [2.05, 4.69) is 45.3 Å². The highest BCUT2D eigenvalue weighted by Crippen LogP contribution is 2.22. The van der Waals surface area contributed by atoms with Gasteiger partial charge in [-0.05, 0) is 73.4 Å². The average molecular weight is 317 g/mol. The molecule has 2 rings (SSSR count). The summed E-state index contributed by atoms with van der Waals surface area (Å²) in [5.41, 5.74) is 0. The van der Waals surface area contributed by atoms with Gasteiger partial charge in [-0.15, -0.1) is 11.3 Å². The van der Waals surface area contributed by atoms with Crippen molar-refractivity contribution in [2.75, 3.05) is 33.2 Å². The van der Waals surface area contributed by atoms with Crippen LogP contribution in [0, 0.1) is 5.92 Å². The minimum absolute atomic E-state index is 0.899. The molecule has 1 saturated heterocycles. The largest absolute Gasteiger partial charge is 0.317 e. The summed E-state index contributed by atoms with van der Waals surface area (Å²) in [6.07, 6.45) is 3.86. The minimum atomic E-state index is 0.899. The number of nitrogens with one attached hydrogen (secondary N) is 1. The van der Waals surface area contributed by atoms with E-state index in [0.717, 1.165) is 5.92 Å². The molecule has 1 N–H and O–H groups in total. The summed E-state index contributed by atoms with van der Waals surface area (Å²) >= 11 is 5.37. The molecule has 1 aromatic heterocycles. The topological polar surface area (TPSA) is 15.3 Å². The van der Waals surface area contributed by atoms with Crippen LogP contribution < -0.4 is 5.32 Å². The SMILES string of the molecule is CN(CCc1ccc(Br)s1)CC1CCNCC1. The van der Waals surface area contributed by atoms with Crippen molar-refractivity contribution in [2.45, 2.75) is 19.3 Å². The molecule has 0 saturated carbocycles. The van der Waals surface area contributed by atoms with Crippen LogP contribution >= 0.6 is 27.3 Å². The summed E-state index contributed by atoms with van der Waals surface area (Å²) in [7, 11) is 2.25. The maximum Gasteiger partial charge on any atom is 0.0701 e. The molecule has 0 unspecified atom stereocenters. The molecule has 4 heteroatoms. The lowest BCUT2D eigenvalue weighted by atomic mass is 9.98. The highest BCUT2D eigenvalue weighted by molar-refractivity contribution is 9.11. The monoisotopic (exact) mass is 316 g/mol. The summed E-state index contributed by atoms with van der Waals surface area (Å²) in [6.45, 7) is 4.85. The predicted octanol–water partition coefficient (Wildman–Crippen LogP) is 2.98. The number of hydrogen-bond donors (Lipinski definition) is 1. The standard InChI is InChI=1S/C13H21BrN2S/c1-16(10-11-4-7-15-8-5-11)9-6-12-2-3-13(14)17-12/h2-3,11,15H,4-10H2,1H3.